The van der Waals surface area contributed by atoms with Gasteiger partial charge in [0.15, 0.2) is 0 Å². The van der Waals surface area contributed by atoms with E-state index in [2.05, 4.69) is 21.0 Å². The highest BCUT2D eigenvalue weighted by Crippen LogP contribution is 2.37. The Morgan fingerprint density at radius 3 is 2.59 bits per heavy atom. The number of halogens is 1. The van der Waals surface area contributed by atoms with Crippen molar-refractivity contribution in [3.63, 3.8) is 0 Å². The molecule has 4 nitrogen and oxygen atoms in total. The Bertz CT molecular complexity index is 758. The lowest BCUT2D eigenvalue weighted by atomic mass is 9.98. The van der Waals surface area contributed by atoms with Crippen molar-refractivity contribution < 1.29 is 9.90 Å². The molecule has 1 aliphatic rings. The van der Waals surface area contributed by atoms with Crippen molar-refractivity contribution in [3.8, 4) is 5.75 Å². The van der Waals surface area contributed by atoms with Crippen LogP contribution in [0.2, 0.25) is 0 Å². The second-order valence-electron chi connectivity index (χ2n) is 5.17. The van der Waals surface area contributed by atoms with E-state index in [1.165, 1.54) is 11.9 Å². The van der Waals surface area contributed by atoms with E-state index in [1.807, 2.05) is 36.4 Å². The maximum Gasteiger partial charge on any atom is 0.240 e. The number of phenols is 1. The van der Waals surface area contributed by atoms with Crippen LogP contribution in [-0.2, 0) is 4.79 Å². The molecule has 0 fully saturated rings. The van der Waals surface area contributed by atoms with Gasteiger partial charge >= 0.3 is 0 Å². The Morgan fingerprint density at radius 1 is 1.23 bits per heavy atom. The van der Waals surface area contributed by atoms with E-state index in [1.54, 1.807) is 12.1 Å². The number of rotatable bonds is 2. The number of hydrogen-bond donors (Lipinski definition) is 1. The first-order chi connectivity index (χ1) is 10.6. The first-order valence-electron chi connectivity index (χ1n) is 6.98. The molecule has 2 aromatic rings. The van der Waals surface area contributed by atoms with E-state index in [0.29, 0.717) is 17.7 Å². The molecule has 0 saturated heterocycles. The summed E-state index contributed by atoms with van der Waals surface area (Å²) in [6.07, 6.45) is 0.569. The minimum Gasteiger partial charge on any atom is -0.507 e. The third kappa shape index (κ3) is 2.64. The molecule has 5 heteroatoms. The van der Waals surface area contributed by atoms with Gasteiger partial charge in [-0.15, -0.1) is 0 Å². The number of hydrogen-bond acceptors (Lipinski definition) is 3. The summed E-state index contributed by atoms with van der Waals surface area (Å²) in [6.45, 7) is 1.50. The van der Waals surface area contributed by atoms with Gasteiger partial charge in [-0.2, -0.15) is 5.10 Å². The highest BCUT2D eigenvalue weighted by atomic mass is 79.9. The number of amides is 1. The van der Waals surface area contributed by atoms with E-state index >= 15 is 0 Å². The SMILES string of the molecule is CC(=O)N1N=C(c2ccccc2O)CC1c1ccccc1Br. The number of carbonyl (C=O) groups is 1. The third-order valence-corrected chi connectivity index (χ3v) is 4.43. The van der Waals surface area contributed by atoms with Crippen LogP contribution in [-0.4, -0.2) is 21.7 Å². The van der Waals surface area contributed by atoms with Crippen molar-refractivity contribution >= 4 is 27.5 Å². The number of hydrazone groups is 1. The predicted octanol–water partition coefficient (Wildman–Crippen LogP) is 3.85. The minimum atomic E-state index is -0.164. The third-order valence-electron chi connectivity index (χ3n) is 3.71. The first kappa shape index (κ1) is 14.8. The van der Waals surface area contributed by atoms with Gasteiger partial charge in [0.05, 0.1) is 11.8 Å². The average molecular weight is 359 g/mol. The van der Waals surface area contributed by atoms with Gasteiger partial charge in [-0.25, -0.2) is 5.01 Å². The van der Waals surface area contributed by atoms with Crippen LogP contribution in [0.4, 0.5) is 0 Å². The molecule has 1 aliphatic heterocycles. The largest absolute Gasteiger partial charge is 0.507 e. The molecular weight excluding hydrogens is 344 g/mol. The molecule has 112 valence electrons. The Morgan fingerprint density at radius 2 is 1.91 bits per heavy atom. The van der Waals surface area contributed by atoms with Crippen molar-refractivity contribution in [3.05, 3.63) is 64.1 Å². The molecular formula is C17H15BrN2O2. The fourth-order valence-corrected chi connectivity index (χ4v) is 3.22. The summed E-state index contributed by atoms with van der Waals surface area (Å²) in [5.41, 5.74) is 2.39. The number of para-hydroxylation sites is 1. The summed E-state index contributed by atoms with van der Waals surface area (Å²) in [4.78, 5) is 11.9. The lowest BCUT2D eigenvalue weighted by Gasteiger charge is -2.21. The van der Waals surface area contributed by atoms with E-state index in [-0.39, 0.29) is 17.7 Å². The van der Waals surface area contributed by atoms with Crippen LogP contribution in [0.3, 0.4) is 0 Å². The average Bonchev–Trinajstić information content (AvgIpc) is 2.93. The van der Waals surface area contributed by atoms with Crippen molar-refractivity contribution in [2.75, 3.05) is 0 Å². The molecule has 2 aromatic carbocycles. The van der Waals surface area contributed by atoms with E-state index in [9.17, 15) is 9.90 Å². The summed E-state index contributed by atoms with van der Waals surface area (Å²) in [6, 6.07) is 14.7. The van der Waals surface area contributed by atoms with Gasteiger partial charge in [-0.3, -0.25) is 4.79 Å². The van der Waals surface area contributed by atoms with E-state index in [0.717, 1.165) is 10.0 Å². The van der Waals surface area contributed by atoms with Gasteiger partial charge in [-0.05, 0) is 23.8 Å². The molecule has 0 bridgehead atoms. The topological polar surface area (TPSA) is 52.9 Å². The molecule has 1 heterocycles. The summed E-state index contributed by atoms with van der Waals surface area (Å²) in [7, 11) is 0. The highest BCUT2D eigenvalue weighted by Gasteiger charge is 2.33. The molecule has 0 aliphatic carbocycles. The first-order valence-corrected chi connectivity index (χ1v) is 7.77. The number of nitrogens with zero attached hydrogens (tertiary/aromatic N) is 2. The second kappa shape index (κ2) is 5.93. The van der Waals surface area contributed by atoms with Gasteiger partial charge < -0.3 is 5.11 Å². The van der Waals surface area contributed by atoms with Crippen LogP contribution < -0.4 is 0 Å². The molecule has 1 atom stereocenters. The molecule has 0 aromatic heterocycles. The van der Waals surface area contributed by atoms with Crippen LogP contribution >= 0.6 is 15.9 Å². The summed E-state index contributed by atoms with van der Waals surface area (Å²) in [5, 5.41) is 15.9. The van der Waals surface area contributed by atoms with Crippen molar-refractivity contribution in [2.45, 2.75) is 19.4 Å². The smallest absolute Gasteiger partial charge is 0.240 e. The monoisotopic (exact) mass is 358 g/mol. The van der Waals surface area contributed by atoms with Crippen LogP contribution in [0.1, 0.15) is 30.5 Å². The van der Waals surface area contributed by atoms with Crippen LogP contribution in [0.25, 0.3) is 0 Å². The molecule has 0 spiro atoms. The lowest BCUT2D eigenvalue weighted by Crippen LogP contribution is -2.24. The van der Waals surface area contributed by atoms with E-state index in [4.69, 9.17) is 0 Å². The highest BCUT2D eigenvalue weighted by molar-refractivity contribution is 9.10. The van der Waals surface area contributed by atoms with Crippen LogP contribution in [0.5, 0.6) is 5.75 Å². The molecule has 1 N–H and O–H groups in total. The summed E-state index contributed by atoms with van der Waals surface area (Å²) in [5.74, 6) is 0.0590. The lowest BCUT2D eigenvalue weighted by molar-refractivity contribution is -0.130. The zero-order valence-corrected chi connectivity index (χ0v) is 13.6. The Balaban J connectivity index is 2.01. The van der Waals surface area contributed by atoms with Crippen molar-refractivity contribution in [1.29, 1.82) is 0 Å². The molecule has 1 unspecified atom stereocenters. The number of aromatic hydroxyl groups is 1. The van der Waals surface area contributed by atoms with Crippen LogP contribution in [0.15, 0.2) is 58.1 Å². The van der Waals surface area contributed by atoms with E-state index < -0.39 is 0 Å². The molecule has 22 heavy (non-hydrogen) atoms. The normalized spacial score (nSPS) is 17.5. The molecule has 3 rings (SSSR count). The van der Waals surface area contributed by atoms with Crippen molar-refractivity contribution in [1.82, 2.24) is 5.01 Å². The minimum absolute atomic E-state index is 0.119. The quantitative estimate of drug-likeness (QED) is 0.886. The number of phenolic OH excluding ortho intramolecular Hbond substituents is 1. The van der Waals surface area contributed by atoms with Gasteiger partial charge in [-0.1, -0.05) is 46.3 Å². The zero-order chi connectivity index (χ0) is 15.7. The fraction of sp³-hybridized carbons (Fsp3) is 0.176. The van der Waals surface area contributed by atoms with Crippen molar-refractivity contribution in [2.24, 2.45) is 5.10 Å². The van der Waals surface area contributed by atoms with Crippen LogP contribution in [0, 0.1) is 0 Å². The number of benzene rings is 2. The summed E-state index contributed by atoms with van der Waals surface area (Å²) >= 11 is 3.54. The summed E-state index contributed by atoms with van der Waals surface area (Å²) < 4.78 is 0.944. The fourth-order valence-electron chi connectivity index (χ4n) is 2.67. The predicted molar refractivity (Wildman–Crippen MR) is 88.7 cm³/mol. The Kier molecular flexibility index (Phi) is 3.98. The molecule has 0 saturated carbocycles. The van der Waals surface area contributed by atoms with Gasteiger partial charge in [0, 0.05) is 23.4 Å². The number of carbonyl (C=O) groups excluding carboxylic acids is 1. The van der Waals surface area contributed by atoms with Gasteiger partial charge in [0.1, 0.15) is 5.75 Å². The van der Waals surface area contributed by atoms with Gasteiger partial charge in [0.25, 0.3) is 0 Å². The second-order valence-corrected chi connectivity index (χ2v) is 6.02. The standard InChI is InChI=1S/C17H15BrN2O2/c1-11(21)20-16(12-6-2-4-8-14(12)18)10-15(19-20)13-7-3-5-9-17(13)22/h2-9,16,22H,10H2,1H3. The Hall–Kier alpha value is -2.14. The zero-order valence-electron chi connectivity index (χ0n) is 12.0. The maximum atomic E-state index is 11.9. The maximum absolute atomic E-state index is 11.9. The van der Waals surface area contributed by atoms with Gasteiger partial charge in [0.2, 0.25) is 5.91 Å². The molecule has 0 radical (unpaired) electrons. The molecule has 1 amide bonds. The Labute approximate surface area is 137 Å².